The summed E-state index contributed by atoms with van der Waals surface area (Å²) in [5, 5.41) is 2.23. The number of hydrogen-bond donors (Lipinski definition) is 0. The van der Waals surface area contributed by atoms with Gasteiger partial charge < -0.3 is 4.57 Å². The van der Waals surface area contributed by atoms with E-state index in [1.165, 1.54) is 0 Å². The lowest BCUT2D eigenvalue weighted by atomic mass is 10.0. The summed E-state index contributed by atoms with van der Waals surface area (Å²) in [5.74, 6) is 0.0394. The van der Waals surface area contributed by atoms with Gasteiger partial charge >= 0.3 is 0 Å². The fourth-order valence-electron chi connectivity index (χ4n) is 2.08. The predicted octanol–water partition coefficient (Wildman–Crippen LogP) is 3.21. The number of nitrogens with zero attached hydrogens (tertiary/aromatic N) is 1. The van der Waals surface area contributed by atoms with E-state index in [1.807, 2.05) is 49.5 Å². The molecule has 0 unspecified atom stereocenters. The van der Waals surface area contributed by atoms with Crippen molar-refractivity contribution in [3.05, 3.63) is 72.1 Å². The number of carbonyl (C=O) groups is 1. The number of benzene rings is 2. The quantitative estimate of drug-likeness (QED) is 0.624. The molecule has 18 heavy (non-hydrogen) atoms. The van der Waals surface area contributed by atoms with Gasteiger partial charge in [-0.05, 0) is 22.9 Å². The molecular formula is C16H12NO. The van der Waals surface area contributed by atoms with Gasteiger partial charge in [-0.3, -0.25) is 4.79 Å². The first kappa shape index (κ1) is 10.8. The van der Waals surface area contributed by atoms with E-state index in [9.17, 15) is 4.79 Å². The molecule has 3 rings (SSSR count). The molecule has 1 heterocycles. The fourth-order valence-corrected chi connectivity index (χ4v) is 2.08. The molecule has 0 aliphatic rings. The van der Waals surface area contributed by atoms with Crippen LogP contribution in [0.2, 0.25) is 0 Å². The van der Waals surface area contributed by atoms with Gasteiger partial charge in [-0.25, -0.2) is 0 Å². The first-order valence-corrected chi connectivity index (χ1v) is 5.81. The topological polar surface area (TPSA) is 22.0 Å². The zero-order valence-corrected chi connectivity index (χ0v) is 10.1. The molecule has 0 N–H and O–H groups in total. The number of fused-ring (bicyclic) bond motifs is 1. The highest BCUT2D eigenvalue weighted by molar-refractivity contribution is 6.10. The molecule has 1 radical (unpaired) electrons. The Bertz CT molecular complexity index is 725. The number of rotatable bonds is 2. The second kappa shape index (κ2) is 4.15. The van der Waals surface area contributed by atoms with Crippen molar-refractivity contribution in [2.24, 2.45) is 7.05 Å². The van der Waals surface area contributed by atoms with E-state index in [4.69, 9.17) is 0 Å². The van der Waals surface area contributed by atoms with Gasteiger partial charge in [-0.15, -0.1) is 0 Å². The Hall–Kier alpha value is -2.35. The summed E-state index contributed by atoms with van der Waals surface area (Å²) in [4.78, 5) is 12.3. The molecule has 2 heteroatoms. The summed E-state index contributed by atoms with van der Waals surface area (Å²) in [6, 6.07) is 15.5. The average Bonchev–Trinajstić information content (AvgIpc) is 2.84. The maximum atomic E-state index is 12.3. The van der Waals surface area contributed by atoms with Crippen molar-refractivity contribution in [1.82, 2.24) is 4.57 Å². The standard InChI is InChI=1S/C16H12NO/c1-17-9-8-15(11-17)16(18)14-7-6-12-4-2-3-5-13(12)10-14/h2-8,10-11H,1H3. The first-order valence-electron chi connectivity index (χ1n) is 5.81. The molecule has 0 fully saturated rings. The SMILES string of the molecule is Cn1[c]cc(C(=O)c2ccc3ccccc3c2)c1. The van der Waals surface area contributed by atoms with E-state index in [0.717, 1.165) is 10.8 Å². The maximum Gasteiger partial charge on any atom is 0.194 e. The van der Waals surface area contributed by atoms with Crippen molar-refractivity contribution >= 4 is 16.6 Å². The molecule has 0 aliphatic heterocycles. The minimum atomic E-state index is 0.0394. The first-order chi connectivity index (χ1) is 8.74. The molecular weight excluding hydrogens is 222 g/mol. The molecule has 0 bridgehead atoms. The molecule has 2 nitrogen and oxygen atoms in total. The molecule has 0 spiro atoms. The van der Waals surface area contributed by atoms with Crippen LogP contribution in [-0.4, -0.2) is 10.4 Å². The highest BCUT2D eigenvalue weighted by Crippen LogP contribution is 2.18. The van der Waals surface area contributed by atoms with Crippen LogP contribution in [0.5, 0.6) is 0 Å². The maximum absolute atomic E-state index is 12.3. The molecule has 2 aromatic carbocycles. The minimum absolute atomic E-state index is 0.0394. The minimum Gasteiger partial charge on any atom is -0.349 e. The normalized spacial score (nSPS) is 10.7. The molecule has 0 saturated heterocycles. The van der Waals surface area contributed by atoms with Gasteiger partial charge in [0, 0.05) is 24.4 Å². The van der Waals surface area contributed by atoms with Crippen LogP contribution < -0.4 is 0 Å². The monoisotopic (exact) mass is 234 g/mol. The average molecular weight is 234 g/mol. The smallest absolute Gasteiger partial charge is 0.194 e. The van der Waals surface area contributed by atoms with E-state index in [1.54, 1.807) is 16.8 Å². The molecule has 87 valence electrons. The predicted molar refractivity (Wildman–Crippen MR) is 71.6 cm³/mol. The van der Waals surface area contributed by atoms with Crippen molar-refractivity contribution < 1.29 is 4.79 Å². The number of aromatic nitrogens is 1. The van der Waals surface area contributed by atoms with E-state index >= 15 is 0 Å². The third-order valence-electron chi connectivity index (χ3n) is 3.03. The molecule has 0 saturated carbocycles. The Kier molecular flexibility index (Phi) is 2.49. The Morgan fingerprint density at radius 3 is 2.56 bits per heavy atom. The number of ketones is 1. The van der Waals surface area contributed by atoms with Gasteiger partial charge in [0.05, 0.1) is 6.20 Å². The van der Waals surface area contributed by atoms with Gasteiger partial charge in [-0.1, -0.05) is 36.4 Å². The van der Waals surface area contributed by atoms with Crippen LogP contribution in [0.25, 0.3) is 10.8 Å². The van der Waals surface area contributed by atoms with Gasteiger partial charge in [-0.2, -0.15) is 0 Å². The summed E-state index contributed by atoms with van der Waals surface area (Å²) in [6.07, 6.45) is 4.74. The van der Waals surface area contributed by atoms with Crippen molar-refractivity contribution in [2.75, 3.05) is 0 Å². The largest absolute Gasteiger partial charge is 0.349 e. The van der Waals surface area contributed by atoms with Crippen LogP contribution >= 0.6 is 0 Å². The van der Waals surface area contributed by atoms with Gasteiger partial charge in [0.2, 0.25) is 0 Å². The van der Waals surface area contributed by atoms with E-state index in [0.29, 0.717) is 11.1 Å². The van der Waals surface area contributed by atoms with Crippen LogP contribution in [-0.2, 0) is 7.05 Å². The van der Waals surface area contributed by atoms with Crippen LogP contribution in [0.15, 0.2) is 54.7 Å². The van der Waals surface area contributed by atoms with Crippen molar-refractivity contribution in [1.29, 1.82) is 0 Å². The second-order valence-corrected chi connectivity index (χ2v) is 4.36. The molecule has 0 aliphatic carbocycles. The zero-order valence-electron chi connectivity index (χ0n) is 10.1. The van der Waals surface area contributed by atoms with E-state index < -0.39 is 0 Å². The van der Waals surface area contributed by atoms with E-state index in [2.05, 4.69) is 6.20 Å². The lowest BCUT2D eigenvalue weighted by molar-refractivity contribution is 0.103. The summed E-state index contributed by atoms with van der Waals surface area (Å²) < 4.78 is 1.76. The molecule has 3 aromatic rings. The van der Waals surface area contributed by atoms with Gasteiger partial charge in [0.15, 0.2) is 5.78 Å². The Morgan fingerprint density at radius 1 is 1.06 bits per heavy atom. The van der Waals surface area contributed by atoms with Gasteiger partial charge in [0.25, 0.3) is 0 Å². The molecule has 0 amide bonds. The number of hydrogen-bond acceptors (Lipinski definition) is 1. The van der Waals surface area contributed by atoms with Crippen LogP contribution in [0.1, 0.15) is 15.9 Å². The Balaban J connectivity index is 2.06. The molecule has 1 aromatic heterocycles. The van der Waals surface area contributed by atoms with Gasteiger partial charge in [0.1, 0.15) is 0 Å². The summed E-state index contributed by atoms with van der Waals surface area (Å²) in [5.41, 5.74) is 1.39. The third-order valence-corrected chi connectivity index (χ3v) is 3.03. The zero-order chi connectivity index (χ0) is 12.5. The second-order valence-electron chi connectivity index (χ2n) is 4.36. The fraction of sp³-hybridized carbons (Fsp3) is 0.0625. The molecule has 0 atom stereocenters. The van der Waals surface area contributed by atoms with E-state index in [-0.39, 0.29) is 5.78 Å². The van der Waals surface area contributed by atoms with Crippen molar-refractivity contribution in [3.63, 3.8) is 0 Å². The van der Waals surface area contributed by atoms with Crippen LogP contribution in [0.3, 0.4) is 0 Å². The Morgan fingerprint density at radius 2 is 1.83 bits per heavy atom. The Labute approximate surface area is 105 Å². The number of aryl methyl sites for hydroxylation is 1. The lowest BCUT2D eigenvalue weighted by Gasteiger charge is -2.01. The van der Waals surface area contributed by atoms with Crippen LogP contribution in [0.4, 0.5) is 0 Å². The number of carbonyl (C=O) groups excluding carboxylic acids is 1. The van der Waals surface area contributed by atoms with Crippen LogP contribution in [0, 0.1) is 6.20 Å². The summed E-state index contributed by atoms with van der Waals surface area (Å²) >= 11 is 0. The highest BCUT2D eigenvalue weighted by Gasteiger charge is 2.10. The lowest BCUT2D eigenvalue weighted by Crippen LogP contribution is -1.99. The van der Waals surface area contributed by atoms with Crippen molar-refractivity contribution in [3.8, 4) is 0 Å². The highest BCUT2D eigenvalue weighted by atomic mass is 16.1. The van der Waals surface area contributed by atoms with Crippen molar-refractivity contribution in [2.45, 2.75) is 0 Å². The summed E-state index contributed by atoms with van der Waals surface area (Å²) in [6.45, 7) is 0. The third kappa shape index (κ3) is 1.82. The summed E-state index contributed by atoms with van der Waals surface area (Å²) in [7, 11) is 1.86.